The zero-order chi connectivity index (χ0) is 19.2. The van der Waals surface area contributed by atoms with E-state index in [1.807, 2.05) is 39.0 Å². The first-order valence-electron chi connectivity index (χ1n) is 9.47. The van der Waals surface area contributed by atoms with Gasteiger partial charge in [0.15, 0.2) is 0 Å². The molecule has 26 heavy (non-hydrogen) atoms. The van der Waals surface area contributed by atoms with Gasteiger partial charge in [-0.05, 0) is 51.7 Å². The smallest absolute Gasteiger partial charge is 0.350 e. The molecule has 144 valence electrons. The van der Waals surface area contributed by atoms with E-state index in [1.165, 1.54) is 0 Å². The van der Waals surface area contributed by atoms with Gasteiger partial charge in [0.05, 0.1) is 19.1 Å². The van der Waals surface area contributed by atoms with Crippen molar-refractivity contribution in [3.63, 3.8) is 0 Å². The minimum atomic E-state index is -1.18. The van der Waals surface area contributed by atoms with Gasteiger partial charge in [-0.2, -0.15) is 0 Å². The van der Waals surface area contributed by atoms with Gasteiger partial charge in [0.2, 0.25) is 5.60 Å². The number of rotatable bonds is 7. The number of aryl methyl sites for hydroxylation is 2. The molecule has 0 saturated heterocycles. The molecule has 0 unspecified atom stereocenters. The van der Waals surface area contributed by atoms with Crippen LogP contribution in [-0.2, 0) is 30.2 Å². The van der Waals surface area contributed by atoms with Gasteiger partial charge in [0.1, 0.15) is 0 Å². The van der Waals surface area contributed by atoms with Crippen molar-refractivity contribution < 1.29 is 23.8 Å². The molecule has 0 N–H and O–H groups in total. The normalized spacial score (nSPS) is 22.7. The summed E-state index contributed by atoms with van der Waals surface area (Å²) < 4.78 is 16.6. The second-order valence-electron chi connectivity index (χ2n) is 6.95. The number of benzene rings is 1. The Kier molecular flexibility index (Phi) is 7.21. The van der Waals surface area contributed by atoms with Gasteiger partial charge < -0.3 is 14.2 Å². The van der Waals surface area contributed by atoms with Gasteiger partial charge in [-0.15, -0.1) is 0 Å². The fraction of sp³-hybridized carbons (Fsp3) is 0.619. The molecular formula is C21H30O5. The Labute approximate surface area is 156 Å². The third kappa shape index (κ3) is 5.07. The van der Waals surface area contributed by atoms with E-state index in [9.17, 15) is 9.59 Å². The van der Waals surface area contributed by atoms with Gasteiger partial charge in [-0.3, -0.25) is 4.79 Å². The van der Waals surface area contributed by atoms with E-state index >= 15 is 0 Å². The molecule has 1 aliphatic carbocycles. The fourth-order valence-electron chi connectivity index (χ4n) is 3.52. The standard InChI is InChI=1S/C21H30O5/c1-5-24-18-9-11-21(12-10-18,20(23)25-6-2)26-19(22)14-17-8-7-15(3)13-16(17)4/h7-8,13,18H,5-6,9-12,14H2,1-4H3. The minimum Gasteiger partial charge on any atom is -0.463 e. The molecule has 1 aromatic carbocycles. The maximum atomic E-state index is 12.6. The van der Waals surface area contributed by atoms with E-state index in [-0.39, 0.29) is 25.1 Å². The van der Waals surface area contributed by atoms with Crippen LogP contribution in [-0.4, -0.2) is 36.9 Å². The van der Waals surface area contributed by atoms with Crippen LogP contribution in [0, 0.1) is 13.8 Å². The number of esters is 2. The van der Waals surface area contributed by atoms with Crippen molar-refractivity contribution >= 4 is 11.9 Å². The van der Waals surface area contributed by atoms with Crippen LogP contribution >= 0.6 is 0 Å². The van der Waals surface area contributed by atoms with Crippen molar-refractivity contribution in [1.29, 1.82) is 0 Å². The van der Waals surface area contributed by atoms with E-state index in [2.05, 4.69) is 0 Å². The largest absolute Gasteiger partial charge is 0.463 e. The average molecular weight is 362 g/mol. The predicted octanol–water partition coefficient (Wildman–Crippen LogP) is 3.67. The molecule has 1 saturated carbocycles. The molecule has 0 aromatic heterocycles. The molecule has 2 rings (SSSR count). The van der Waals surface area contributed by atoms with E-state index < -0.39 is 11.6 Å². The van der Waals surface area contributed by atoms with E-state index in [0.29, 0.717) is 32.3 Å². The molecular weight excluding hydrogens is 332 g/mol. The molecule has 5 heteroatoms. The Bertz CT molecular complexity index is 629. The van der Waals surface area contributed by atoms with Crippen LogP contribution in [0.5, 0.6) is 0 Å². The van der Waals surface area contributed by atoms with Crippen LogP contribution in [0.2, 0.25) is 0 Å². The SMILES string of the molecule is CCOC(=O)C1(OC(=O)Cc2ccc(C)cc2C)CCC(OCC)CC1. The van der Waals surface area contributed by atoms with Crippen LogP contribution in [0.3, 0.4) is 0 Å². The fourth-order valence-corrected chi connectivity index (χ4v) is 3.52. The molecule has 0 atom stereocenters. The third-order valence-electron chi connectivity index (χ3n) is 4.93. The van der Waals surface area contributed by atoms with Gasteiger partial charge >= 0.3 is 11.9 Å². The molecule has 0 bridgehead atoms. The predicted molar refractivity (Wildman–Crippen MR) is 99.0 cm³/mol. The lowest BCUT2D eigenvalue weighted by Gasteiger charge is -2.37. The Morgan fingerprint density at radius 2 is 1.81 bits per heavy atom. The van der Waals surface area contributed by atoms with Gasteiger partial charge in [0.25, 0.3) is 0 Å². The van der Waals surface area contributed by atoms with Crippen LogP contribution in [0.4, 0.5) is 0 Å². The third-order valence-corrected chi connectivity index (χ3v) is 4.93. The maximum Gasteiger partial charge on any atom is 0.350 e. The number of hydrogen-bond acceptors (Lipinski definition) is 5. The highest BCUT2D eigenvalue weighted by molar-refractivity contribution is 5.84. The van der Waals surface area contributed by atoms with Gasteiger partial charge in [0, 0.05) is 19.4 Å². The topological polar surface area (TPSA) is 61.8 Å². The molecule has 1 aliphatic rings. The van der Waals surface area contributed by atoms with E-state index in [4.69, 9.17) is 14.2 Å². The summed E-state index contributed by atoms with van der Waals surface area (Å²) in [6, 6.07) is 5.95. The number of ether oxygens (including phenoxy) is 3. The van der Waals surface area contributed by atoms with E-state index in [1.54, 1.807) is 6.92 Å². The summed E-state index contributed by atoms with van der Waals surface area (Å²) in [4.78, 5) is 25.1. The van der Waals surface area contributed by atoms with Crippen molar-refractivity contribution in [1.82, 2.24) is 0 Å². The highest BCUT2D eigenvalue weighted by Crippen LogP contribution is 2.35. The summed E-state index contributed by atoms with van der Waals surface area (Å²) in [7, 11) is 0. The Morgan fingerprint density at radius 3 is 2.38 bits per heavy atom. The first-order valence-corrected chi connectivity index (χ1v) is 9.47. The summed E-state index contributed by atoms with van der Waals surface area (Å²) in [5, 5.41) is 0. The summed E-state index contributed by atoms with van der Waals surface area (Å²) in [5.74, 6) is -0.830. The second kappa shape index (κ2) is 9.17. The summed E-state index contributed by atoms with van der Waals surface area (Å²) in [6.07, 6.45) is 2.51. The number of carbonyl (C=O) groups excluding carboxylic acids is 2. The number of hydrogen-bond donors (Lipinski definition) is 0. The lowest BCUT2D eigenvalue weighted by Crippen LogP contribution is -2.48. The van der Waals surface area contributed by atoms with Crippen LogP contribution in [0.25, 0.3) is 0 Å². The number of carbonyl (C=O) groups is 2. The van der Waals surface area contributed by atoms with Crippen molar-refractivity contribution in [3.8, 4) is 0 Å². The highest BCUT2D eigenvalue weighted by atomic mass is 16.6. The minimum absolute atomic E-state index is 0.112. The van der Waals surface area contributed by atoms with E-state index in [0.717, 1.165) is 16.7 Å². The van der Waals surface area contributed by atoms with Crippen molar-refractivity contribution in [2.75, 3.05) is 13.2 Å². The quantitative estimate of drug-likeness (QED) is 0.693. The summed E-state index contributed by atoms with van der Waals surface area (Å²) in [5.41, 5.74) is 1.94. The van der Waals surface area contributed by atoms with Crippen LogP contribution in [0.15, 0.2) is 18.2 Å². The van der Waals surface area contributed by atoms with Crippen molar-refractivity contribution in [2.45, 2.75) is 71.5 Å². The zero-order valence-corrected chi connectivity index (χ0v) is 16.3. The summed E-state index contributed by atoms with van der Waals surface area (Å²) in [6.45, 7) is 8.62. The maximum absolute atomic E-state index is 12.6. The first-order chi connectivity index (χ1) is 12.4. The average Bonchev–Trinajstić information content (AvgIpc) is 2.60. The molecule has 5 nitrogen and oxygen atoms in total. The molecule has 0 radical (unpaired) electrons. The molecule has 1 fully saturated rings. The zero-order valence-electron chi connectivity index (χ0n) is 16.3. The van der Waals surface area contributed by atoms with Crippen LogP contribution in [0.1, 0.15) is 56.2 Å². The lowest BCUT2D eigenvalue weighted by molar-refractivity contribution is -0.189. The van der Waals surface area contributed by atoms with Crippen LogP contribution < -0.4 is 0 Å². The summed E-state index contributed by atoms with van der Waals surface area (Å²) >= 11 is 0. The van der Waals surface area contributed by atoms with Gasteiger partial charge in [-0.1, -0.05) is 23.8 Å². The molecule has 0 amide bonds. The molecule has 0 aliphatic heterocycles. The molecule has 0 heterocycles. The monoisotopic (exact) mass is 362 g/mol. The van der Waals surface area contributed by atoms with Gasteiger partial charge in [-0.25, -0.2) is 4.79 Å². The first kappa shape index (κ1) is 20.4. The molecule has 0 spiro atoms. The highest BCUT2D eigenvalue weighted by Gasteiger charge is 2.47. The lowest BCUT2D eigenvalue weighted by atomic mass is 9.83. The Hall–Kier alpha value is -1.88. The Morgan fingerprint density at radius 1 is 1.12 bits per heavy atom. The Balaban J connectivity index is 2.08. The van der Waals surface area contributed by atoms with Crippen molar-refractivity contribution in [2.24, 2.45) is 0 Å². The molecule has 1 aromatic rings. The van der Waals surface area contributed by atoms with Crippen molar-refractivity contribution in [3.05, 3.63) is 34.9 Å². The second-order valence-corrected chi connectivity index (χ2v) is 6.95.